The summed E-state index contributed by atoms with van der Waals surface area (Å²) in [7, 11) is 0. The summed E-state index contributed by atoms with van der Waals surface area (Å²) in [6.45, 7) is 3.89. The third kappa shape index (κ3) is 3.53. The Morgan fingerprint density at radius 1 is 1.41 bits per heavy atom. The fourth-order valence-corrected chi connectivity index (χ4v) is 3.00. The van der Waals surface area contributed by atoms with Crippen LogP contribution in [0.5, 0.6) is 0 Å². The minimum absolute atomic E-state index is 0.0740. The molecular weight excluding hydrogens is 286 g/mol. The van der Waals surface area contributed by atoms with E-state index in [0.717, 1.165) is 52.2 Å². The Morgan fingerprint density at radius 3 is 2.91 bits per heavy atom. The van der Waals surface area contributed by atoms with Gasteiger partial charge in [0.2, 0.25) is 5.82 Å². The highest BCUT2D eigenvalue weighted by Crippen LogP contribution is 2.28. The Hall–Kier alpha value is -1.73. The quantitative estimate of drug-likeness (QED) is 0.611. The largest absolute Gasteiger partial charge is 0.381 e. The maximum absolute atomic E-state index is 11.1. The first kappa shape index (κ1) is 15.2. The van der Waals surface area contributed by atoms with Crippen LogP contribution in [0.2, 0.25) is 0 Å². The molecule has 2 aliphatic rings. The number of pyridine rings is 1. The van der Waals surface area contributed by atoms with Crippen LogP contribution < -0.4 is 4.90 Å². The minimum Gasteiger partial charge on any atom is -0.381 e. The molecular formula is C15H21N3O4. The first-order valence-corrected chi connectivity index (χ1v) is 7.77. The second-order valence-electron chi connectivity index (χ2n) is 5.85. The summed E-state index contributed by atoms with van der Waals surface area (Å²) in [5, 5.41) is 11.1. The molecule has 2 aliphatic heterocycles. The van der Waals surface area contributed by atoms with Gasteiger partial charge in [0.15, 0.2) is 0 Å². The van der Waals surface area contributed by atoms with Crippen LogP contribution in [-0.2, 0) is 9.47 Å². The van der Waals surface area contributed by atoms with E-state index in [4.69, 9.17) is 9.47 Å². The zero-order valence-electron chi connectivity index (χ0n) is 12.5. The summed E-state index contributed by atoms with van der Waals surface area (Å²) in [5.74, 6) is 0.991. The maximum Gasteiger partial charge on any atom is 0.311 e. The van der Waals surface area contributed by atoms with Gasteiger partial charge in [-0.25, -0.2) is 4.98 Å². The standard InChI is InChI=1S/C15H21N3O4/c19-18(20)14-2-1-6-16-15(14)17-7-3-13(4-8-17)22-11-12-5-9-21-10-12/h1-2,6,12-13H,3-5,7-11H2. The van der Waals surface area contributed by atoms with Gasteiger partial charge in [-0.15, -0.1) is 0 Å². The van der Waals surface area contributed by atoms with Gasteiger partial charge in [-0.3, -0.25) is 10.1 Å². The molecule has 3 heterocycles. The molecule has 0 radical (unpaired) electrons. The zero-order valence-corrected chi connectivity index (χ0v) is 12.5. The molecule has 7 heteroatoms. The molecule has 0 amide bonds. The van der Waals surface area contributed by atoms with E-state index < -0.39 is 0 Å². The third-order valence-electron chi connectivity index (χ3n) is 4.30. The number of anilines is 1. The molecule has 2 saturated heterocycles. The van der Waals surface area contributed by atoms with Crippen LogP contribution in [0.25, 0.3) is 0 Å². The second kappa shape index (κ2) is 7.02. The van der Waals surface area contributed by atoms with Gasteiger partial charge in [0.1, 0.15) is 0 Å². The molecule has 0 aromatic carbocycles. The van der Waals surface area contributed by atoms with Crippen LogP contribution in [0.4, 0.5) is 11.5 Å². The Kier molecular flexibility index (Phi) is 4.84. The molecule has 2 fully saturated rings. The number of rotatable bonds is 5. The summed E-state index contributed by atoms with van der Waals surface area (Å²) in [6.07, 6.45) is 4.67. The molecule has 1 aromatic heterocycles. The molecule has 120 valence electrons. The molecule has 0 bridgehead atoms. The lowest BCUT2D eigenvalue weighted by atomic mass is 10.1. The summed E-state index contributed by atoms with van der Waals surface area (Å²) in [4.78, 5) is 16.9. The van der Waals surface area contributed by atoms with E-state index in [-0.39, 0.29) is 16.7 Å². The van der Waals surface area contributed by atoms with Crippen molar-refractivity contribution in [3.8, 4) is 0 Å². The average Bonchev–Trinajstić information content (AvgIpc) is 3.07. The number of hydrogen-bond donors (Lipinski definition) is 0. The van der Waals surface area contributed by atoms with Crippen molar-refractivity contribution in [2.24, 2.45) is 5.92 Å². The average molecular weight is 307 g/mol. The second-order valence-corrected chi connectivity index (χ2v) is 5.85. The van der Waals surface area contributed by atoms with E-state index in [1.165, 1.54) is 6.07 Å². The summed E-state index contributed by atoms with van der Waals surface area (Å²) < 4.78 is 11.3. The smallest absolute Gasteiger partial charge is 0.311 e. The molecule has 3 rings (SSSR count). The molecule has 0 N–H and O–H groups in total. The van der Waals surface area contributed by atoms with E-state index in [2.05, 4.69) is 4.98 Å². The molecule has 1 unspecified atom stereocenters. The van der Waals surface area contributed by atoms with E-state index in [1.54, 1.807) is 12.3 Å². The van der Waals surface area contributed by atoms with Gasteiger partial charge in [-0.2, -0.15) is 0 Å². The molecule has 0 aliphatic carbocycles. The number of piperidine rings is 1. The van der Waals surface area contributed by atoms with Gasteiger partial charge in [-0.1, -0.05) is 0 Å². The van der Waals surface area contributed by atoms with Gasteiger partial charge < -0.3 is 14.4 Å². The van der Waals surface area contributed by atoms with E-state index >= 15 is 0 Å². The fraction of sp³-hybridized carbons (Fsp3) is 0.667. The van der Waals surface area contributed by atoms with Crippen molar-refractivity contribution in [2.45, 2.75) is 25.4 Å². The molecule has 7 nitrogen and oxygen atoms in total. The van der Waals surface area contributed by atoms with Crippen LogP contribution in [0, 0.1) is 16.0 Å². The van der Waals surface area contributed by atoms with Gasteiger partial charge in [0.05, 0.1) is 24.2 Å². The Labute approximate surface area is 129 Å². The van der Waals surface area contributed by atoms with Crippen molar-refractivity contribution in [2.75, 3.05) is 37.8 Å². The molecule has 0 spiro atoms. The van der Waals surface area contributed by atoms with Gasteiger partial charge >= 0.3 is 5.69 Å². The van der Waals surface area contributed by atoms with Crippen LogP contribution >= 0.6 is 0 Å². The zero-order chi connectivity index (χ0) is 15.4. The predicted octanol–water partition coefficient (Wildman–Crippen LogP) is 2.01. The minimum atomic E-state index is -0.370. The molecule has 22 heavy (non-hydrogen) atoms. The van der Waals surface area contributed by atoms with Gasteiger partial charge in [-0.05, 0) is 25.3 Å². The Morgan fingerprint density at radius 2 is 2.23 bits per heavy atom. The lowest BCUT2D eigenvalue weighted by Crippen LogP contribution is -2.38. The molecule has 1 aromatic rings. The van der Waals surface area contributed by atoms with Gasteiger partial charge in [0, 0.05) is 37.9 Å². The number of nitro groups is 1. The van der Waals surface area contributed by atoms with E-state index in [1.807, 2.05) is 4.90 Å². The first-order chi connectivity index (χ1) is 10.7. The van der Waals surface area contributed by atoms with Crippen molar-refractivity contribution < 1.29 is 14.4 Å². The SMILES string of the molecule is O=[N+]([O-])c1cccnc1N1CCC(OCC2CCOC2)CC1. The van der Waals surface area contributed by atoms with Crippen LogP contribution in [-0.4, -0.2) is 48.9 Å². The van der Waals surface area contributed by atoms with E-state index in [9.17, 15) is 10.1 Å². The van der Waals surface area contributed by atoms with Crippen molar-refractivity contribution in [3.63, 3.8) is 0 Å². The van der Waals surface area contributed by atoms with Crippen LogP contribution in [0.3, 0.4) is 0 Å². The Balaban J connectivity index is 1.52. The third-order valence-corrected chi connectivity index (χ3v) is 4.30. The van der Waals surface area contributed by atoms with Crippen molar-refractivity contribution >= 4 is 11.5 Å². The summed E-state index contributed by atoms with van der Waals surface area (Å²) in [6, 6.07) is 3.10. The van der Waals surface area contributed by atoms with Crippen LogP contribution in [0.1, 0.15) is 19.3 Å². The fourth-order valence-electron chi connectivity index (χ4n) is 3.00. The maximum atomic E-state index is 11.1. The monoisotopic (exact) mass is 307 g/mol. The Bertz CT molecular complexity index is 511. The highest BCUT2D eigenvalue weighted by molar-refractivity contribution is 5.57. The van der Waals surface area contributed by atoms with Gasteiger partial charge in [0.25, 0.3) is 0 Å². The van der Waals surface area contributed by atoms with Crippen molar-refractivity contribution in [3.05, 3.63) is 28.4 Å². The highest BCUT2D eigenvalue weighted by Gasteiger charge is 2.27. The first-order valence-electron chi connectivity index (χ1n) is 7.77. The number of hydrogen-bond acceptors (Lipinski definition) is 6. The predicted molar refractivity (Wildman–Crippen MR) is 81.0 cm³/mol. The molecule has 0 saturated carbocycles. The molecule has 1 atom stereocenters. The summed E-state index contributed by atoms with van der Waals surface area (Å²) >= 11 is 0. The normalized spacial score (nSPS) is 22.9. The number of aromatic nitrogens is 1. The summed E-state index contributed by atoms with van der Waals surface area (Å²) in [5.41, 5.74) is 0.0740. The van der Waals surface area contributed by atoms with Crippen molar-refractivity contribution in [1.29, 1.82) is 0 Å². The van der Waals surface area contributed by atoms with E-state index in [0.29, 0.717) is 11.7 Å². The van der Waals surface area contributed by atoms with Crippen LogP contribution in [0.15, 0.2) is 18.3 Å². The lowest BCUT2D eigenvalue weighted by Gasteiger charge is -2.32. The number of nitrogens with zero attached hydrogens (tertiary/aromatic N) is 3. The lowest BCUT2D eigenvalue weighted by molar-refractivity contribution is -0.384. The highest BCUT2D eigenvalue weighted by atomic mass is 16.6. The number of ether oxygens (including phenoxy) is 2. The topological polar surface area (TPSA) is 77.7 Å². The van der Waals surface area contributed by atoms with Crippen molar-refractivity contribution in [1.82, 2.24) is 4.98 Å².